The second-order valence-corrected chi connectivity index (χ2v) is 8.34. The molecule has 1 aromatic heterocycles. The van der Waals surface area contributed by atoms with E-state index in [0.717, 1.165) is 22.0 Å². The van der Waals surface area contributed by atoms with Crippen LogP contribution in [0.25, 0.3) is 10.9 Å². The maximum absolute atomic E-state index is 12.2. The Labute approximate surface area is 153 Å². The molecule has 0 radical (unpaired) electrons. The van der Waals surface area contributed by atoms with Crippen LogP contribution < -0.4 is 10.3 Å². The lowest BCUT2D eigenvalue weighted by molar-refractivity contribution is 0.580. The van der Waals surface area contributed by atoms with Gasteiger partial charge in [0.05, 0.1) is 5.75 Å². The minimum absolute atomic E-state index is 0.0320. The molecular formula is C20H22N2O3S. The number of fused-ring (bicyclic) bond motifs is 1. The van der Waals surface area contributed by atoms with E-state index in [1.165, 1.54) is 0 Å². The molecule has 5 nitrogen and oxygen atoms in total. The Morgan fingerprint density at radius 1 is 1.00 bits per heavy atom. The number of rotatable bonds is 7. The highest BCUT2D eigenvalue weighted by Crippen LogP contribution is 2.13. The maximum Gasteiger partial charge on any atom is 0.251 e. The fraction of sp³-hybridized carbons (Fsp3) is 0.250. The summed E-state index contributed by atoms with van der Waals surface area (Å²) in [5.74, 6) is 0.0320. The third-order valence-corrected chi connectivity index (χ3v) is 5.68. The fourth-order valence-electron chi connectivity index (χ4n) is 2.87. The van der Waals surface area contributed by atoms with Gasteiger partial charge >= 0.3 is 0 Å². The zero-order chi connectivity index (χ0) is 18.6. The van der Waals surface area contributed by atoms with Crippen LogP contribution in [0.4, 0.5) is 0 Å². The number of hydrogen-bond donors (Lipinski definition) is 2. The SMILES string of the molecule is Cc1ccc2[nH]c(=O)c(CCNS(=O)(=O)CCc3ccccc3)cc2c1. The average Bonchev–Trinajstić information content (AvgIpc) is 2.62. The normalized spacial score (nSPS) is 11.7. The van der Waals surface area contributed by atoms with E-state index in [2.05, 4.69) is 9.71 Å². The predicted molar refractivity (Wildman–Crippen MR) is 105 cm³/mol. The molecule has 0 aliphatic heterocycles. The highest BCUT2D eigenvalue weighted by atomic mass is 32.2. The molecule has 136 valence electrons. The lowest BCUT2D eigenvalue weighted by Gasteiger charge is -2.08. The first-order chi connectivity index (χ1) is 12.4. The van der Waals surface area contributed by atoms with Crippen molar-refractivity contribution in [1.29, 1.82) is 0 Å². The molecule has 0 bridgehead atoms. The molecular weight excluding hydrogens is 348 g/mol. The smallest absolute Gasteiger partial charge is 0.251 e. The highest BCUT2D eigenvalue weighted by molar-refractivity contribution is 7.89. The van der Waals surface area contributed by atoms with Gasteiger partial charge in [-0.1, -0.05) is 42.0 Å². The molecule has 3 rings (SSSR count). The number of aryl methyl sites for hydroxylation is 2. The molecule has 0 unspecified atom stereocenters. The van der Waals surface area contributed by atoms with Crippen molar-refractivity contribution in [3.8, 4) is 0 Å². The van der Waals surface area contributed by atoms with Crippen LogP contribution in [0.5, 0.6) is 0 Å². The zero-order valence-electron chi connectivity index (χ0n) is 14.7. The van der Waals surface area contributed by atoms with Crippen LogP contribution in [0.1, 0.15) is 16.7 Å². The molecule has 2 N–H and O–H groups in total. The molecule has 0 spiro atoms. The van der Waals surface area contributed by atoms with E-state index in [1.54, 1.807) is 0 Å². The number of aromatic nitrogens is 1. The summed E-state index contributed by atoms with van der Waals surface area (Å²) in [5.41, 5.74) is 3.28. The van der Waals surface area contributed by atoms with Crippen LogP contribution in [0.15, 0.2) is 59.4 Å². The van der Waals surface area contributed by atoms with Gasteiger partial charge in [0.2, 0.25) is 10.0 Å². The average molecular weight is 370 g/mol. The number of hydrogen-bond acceptors (Lipinski definition) is 3. The van der Waals surface area contributed by atoms with Gasteiger partial charge in [-0.05, 0) is 48.9 Å². The Morgan fingerprint density at radius 2 is 1.77 bits per heavy atom. The summed E-state index contributed by atoms with van der Waals surface area (Å²) in [6.45, 7) is 2.20. The Balaban J connectivity index is 1.61. The van der Waals surface area contributed by atoms with Crippen molar-refractivity contribution in [2.75, 3.05) is 12.3 Å². The molecule has 0 saturated heterocycles. The molecule has 0 saturated carbocycles. The molecule has 3 aromatic rings. The number of aromatic amines is 1. The molecule has 1 heterocycles. The number of H-pyrrole nitrogens is 1. The van der Waals surface area contributed by atoms with Gasteiger partial charge in [0, 0.05) is 17.6 Å². The van der Waals surface area contributed by atoms with Crippen molar-refractivity contribution in [3.05, 3.63) is 81.6 Å². The van der Waals surface area contributed by atoms with E-state index in [-0.39, 0.29) is 17.9 Å². The van der Waals surface area contributed by atoms with E-state index in [1.807, 2.05) is 61.5 Å². The Morgan fingerprint density at radius 3 is 2.54 bits per heavy atom. The summed E-state index contributed by atoms with van der Waals surface area (Å²) in [6.07, 6.45) is 0.815. The van der Waals surface area contributed by atoms with E-state index >= 15 is 0 Å². The van der Waals surface area contributed by atoms with Gasteiger partial charge in [-0.2, -0.15) is 0 Å². The third kappa shape index (κ3) is 4.80. The second kappa shape index (κ2) is 7.85. The Bertz CT molecular complexity index is 1060. The monoisotopic (exact) mass is 370 g/mol. The summed E-state index contributed by atoms with van der Waals surface area (Å²) < 4.78 is 26.9. The lowest BCUT2D eigenvalue weighted by atomic mass is 10.1. The minimum Gasteiger partial charge on any atom is -0.322 e. The van der Waals surface area contributed by atoms with Gasteiger partial charge in [-0.3, -0.25) is 4.79 Å². The molecule has 0 aliphatic rings. The fourth-order valence-corrected chi connectivity index (χ4v) is 3.93. The lowest BCUT2D eigenvalue weighted by Crippen LogP contribution is -2.30. The van der Waals surface area contributed by atoms with E-state index in [4.69, 9.17) is 0 Å². The molecule has 6 heteroatoms. The van der Waals surface area contributed by atoms with Crippen molar-refractivity contribution in [2.45, 2.75) is 19.8 Å². The number of pyridine rings is 1. The quantitative estimate of drug-likeness (QED) is 0.671. The summed E-state index contributed by atoms with van der Waals surface area (Å²) in [6, 6.07) is 17.2. The minimum atomic E-state index is -3.37. The molecule has 0 fully saturated rings. The van der Waals surface area contributed by atoms with Crippen LogP contribution in [-0.4, -0.2) is 25.7 Å². The number of sulfonamides is 1. The predicted octanol–water partition coefficient (Wildman–Crippen LogP) is 2.54. The largest absolute Gasteiger partial charge is 0.322 e. The summed E-state index contributed by atoms with van der Waals surface area (Å²) in [7, 11) is -3.37. The van der Waals surface area contributed by atoms with E-state index in [9.17, 15) is 13.2 Å². The van der Waals surface area contributed by atoms with Crippen LogP contribution in [0.3, 0.4) is 0 Å². The van der Waals surface area contributed by atoms with Crippen LogP contribution in [0, 0.1) is 6.92 Å². The van der Waals surface area contributed by atoms with Crippen molar-refractivity contribution in [2.24, 2.45) is 0 Å². The first kappa shape index (κ1) is 18.4. The van der Waals surface area contributed by atoms with Gasteiger partial charge in [0.25, 0.3) is 5.56 Å². The van der Waals surface area contributed by atoms with Crippen molar-refractivity contribution in [3.63, 3.8) is 0 Å². The molecule has 26 heavy (non-hydrogen) atoms. The van der Waals surface area contributed by atoms with E-state index in [0.29, 0.717) is 18.4 Å². The maximum atomic E-state index is 12.2. The third-order valence-electron chi connectivity index (χ3n) is 4.30. The first-order valence-electron chi connectivity index (χ1n) is 8.57. The van der Waals surface area contributed by atoms with E-state index < -0.39 is 10.0 Å². The molecule has 0 amide bonds. The first-order valence-corrected chi connectivity index (χ1v) is 10.2. The molecule has 2 aromatic carbocycles. The van der Waals surface area contributed by atoms with Crippen molar-refractivity contribution >= 4 is 20.9 Å². The summed E-state index contributed by atoms with van der Waals surface area (Å²) >= 11 is 0. The van der Waals surface area contributed by atoms with Crippen LogP contribution in [0.2, 0.25) is 0 Å². The van der Waals surface area contributed by atoms with Crippen LogP contribution in [-0.2, 0) is 22.9 Å². The molecule has 0 atom stereocenters. The number of nitrogens with one attached hydrogen (secondary N) is 2. The zero-order valence-corrected chi connectivity index (χ0v) is 15.5. The second-order valence-electron chi connectivity index (χ2n) is 6.41. The Kier molecular flexibility index (Phi) is 5.54. The van der Waals surface area contributed by atoms with Gasteiger partial charge in [0.15, 0.2) is 0 Å². The van der Waals surface area contributed by atoms with Crippen LogP contribution >= 0.6 is 0 Å². The van der Waals surface area contributed by atoms with Gasteiger partial charge in [0.1, 0.15) is 0 Å². The highest BCUT2D eigenvalue weighted by Gasteiger charge is 2.11. The van der Waals surface area contributed by atoms with Crippen molar-refractivity contribution in [1.82, 2.24) is 9.71 Å². The summed E-state index contributed by atoms with van der Waals surface area (Å²) in [5, 5.41) is 0.950. The molecule has 0 aliphatic carbocycles. The Hall–Kier alpha value is -2.44. The topological polar surface area (TPSA) is 79.0 Å². The van der Waals surface area contributed by atoms with Gasteiger partial charge in [-0.15, -0.1) is 0 Å². The summed E-state index contributed by atoms with van der Waals surface area (Å²) in [4.78, 5) is 15.0. The standard InChI is InChI=1S/C20H22N2O3S/c1-15-7-8-19-18(13-15)14-17(20(23)22-19)9-11-21-26(24,25)12-10-16-5-3-2-4-6-16/h2-8,13-14,21H,9-12H2,1H3,(H,22,23). The van der Waals surface area contributed by atoms with Gasteiger partial charge < -0.3 is 4.98 Å². The van der Waals surface area contributed by atoms with Gasteiger partial charge in [-0.25, -0.2) is 13.1 Å². The number of benzene rings is 2. The van der Waals surface area contributed by atoms with Crippen molar-refractivity contribution < 1.29 is 8.42 Å².